The predicted octanol–water partition coefficient (Wildman–Crippen LogP) is 4.64. The SMILES string of the molecule is CCCC1=NN(c2ccccc2)C(=O)/C1=C/c1cc(Cl)c(O)c(OC)c1. The third kappa shape index (κ3) is 3.44. The topological polar surface area (TPSA) is 62.1 Å². The molecule has 1 heterocycles. The maximum absolute atomic E-state index is 12.9. The molecule has 0 fully saturated rings. The highest BCUT2D eigenvalue weighted by Crippen LogP contribution is 2.36. The average Bonchev–Trinajstić information content (AvgIpc) is 2.95. The zero-order chi connectivity index (χ0) is 18.7. The molecule has 0 radical (unpaired) electrons. The van der Waals surface area contributed by atoms with Crippen molar-refractivity contribution in [3.05, 3.63) is 58.6 Å². The van der Waals surface area contributed by atoms with Gasteiger partial charge >= 0.3 is 0 Å². The van der Waals surface area contributed by atoms with Gasteiger partial charge in [0, 0.05) is 0 Å². The Hall–Kier alpha value is -2.79. The van der Waals surface area contributed by atoms with Gasteiger partial charge in [-0.2, -0.15) is 10.1 Å². The van der Waals surface area contributed by atoms with Gasteiger partial charge < -0.3 is 9.84 Å². The first-order valence-electron chi connectivity index (χ1n) is 8.30. The van der Waals surface area contributed by atoms with Gasteiger partial charge in [0.1, 0.15) is 0 Å². The summed E-state index contributed by atoms with van der Waals surface area (Å²) in [4.78, 5) is 12.9. The minimum atomic E-state index is -0.192. The van der Waals surface area contributed by atoms with Gasteiger partial charge in [-0.1, -0.05) is 43.1 Å². The van der Waals surface area contributed by atoms with E-state index in [0.29, 0.717) is 17.6 Å². The van der Waals surface area contributed by atoms with E-state index in [9.17, 15) is 9.90 Å². The van der Waals surface area contributed by atoms with Crippen LogP contribution in [0.15, 0.2) is 53.1 Å². The molecule has 0 saturated carbocycles. The summed E-state index contributed by atoms with van der Waals surface area (Å²) < 4.78 is 5.13. The molecule has 1 N–H and O–H groups in total. The maximum atomic E-state index is 12.9. The van der Waals surface area contributed by atoms with Crippen molar-refractivity contribution in [3.8, 4) is 11.5 Å². The smallest absolute Gasteiger partial charge is 0.280 e. The second-order valence-corrected chi connectivity index (χ2v) is 6.27. The van der Waals surface area contributed by atoms with E-state index in [-0.39, 0.29) is 22.4 Å². The molecule has 0 atom stereocenters. The Labute approximate surface area is 157 Å². The van der Waals surface area contributed by atoms with Gasteiger partial charge in [0.15, 0.2) is 11.5 Å². The standard InChI is InChI=1S/C20H19ClN2O3/c1-3-7-17-15(10-13-11-16(21)19(24)18(12-13)26-2)20(25)23(22-17)14-8-5-4-6-9-14/h4-6,8-12,24H,3,7H2,1-2H3/b15-10+. The Kier molecular flexibility index (Phi) is 5.28. The highest BCUT2D eigenvalue weighted by molar-refractivity contribution is 6.34. The van der Waals surface area contributed by atoms with E-state index in [1.54, 1.807) is 18.2 Å². The summed E-state index contributed by atoms with van der Waals surface area (Å²) in [6.45, 7) is 2.04. The van der Waals surface area contributed by atoms with Gasteiger partial charge in [0.05, 0.1) is 29.1 Å². The molecule has 1 aliphatic rings. The van der Waals surface area contributed by atoms with Crippen LogP contribution in [0.25, 0.3) is 6.08 Å². The van der Waals surface area contributed by atoms with E-state index in [1.165, 1.54) is 12.1 Å². The van der Waals surface area contributed by atoms with Gasteiger partial charge in [0.2, 0.25) is 0 Å². The number of hydrazone groups is 1. The molecular weight excluding hydrogens is 352 g/mol. The lowest BCUT2D eigenvalue weighted by Crippen LogP contribution is -2.21. The fraction of sp³-hybridized carbons (Fsp3) is 0.200. The molecule has 2 aromatic carbocycles. The minimum Gasteiger partial charge on any atom is -0.503 e. The molecule has 2 aromatic rings. The van der Waals surface area contributed by atoms with Crippen molar-refractivity contribution in [1.29, 1.82) is 0 Å². The van der Waals surface area contributed by atoms with Crippen LogP contribution in [0.4, 0.5) is 5.69 Å². The van der Waals surface area contributed by atoms with Crippen molar-refractivity contribution in [2.24, 2.45) is 5.10 Å². The molecule has 3 rings (SSSR count). The van der Waals surface area contributed by atoms with E-state index in [2.05, 4.69) is 5.10 Å². The predicted molar refractivity (Wildman–Crippen MR) is 104 cm³/mol. The number of nitrogens with zero attached hydrogens (tertiary/aromatic N) is 2. The quantitative estimate of drug-likeness (QED) is 0.780. The zero-order valence-corrected chi connectivity index (χ0v) is 15.3. The van der Waals surface area contributed by atoms with Crippen LogP contribution in [0, 0.1) is 0 Å². The normalized spacial score (nSPS) is 15.5. The van der Waals surface area contributed by atoms with Crippen molar-refractivity contribution in [3.63, 3.8) is 0 Å². The number of phenolic OH excluding ortho intramolecular Hbond substituents is 1. The summed E-state index contributed by atoms with van der Waals surface area (Å²) >= 11 is 6.06. The summed E-state index contributed by atoms with van der Waals surface area (Å²) in [5.41, 5.74) is 2.62. The van der Waals surface area contributed by atoms with Crippen molar-refractivity contribution < 1.29 is 14.6 Å². The van der Waals surface area contributed by atoms with Gasteiger partial charge in [-0.15, -0.1) is 0 Å². The number of phenols is 1. The fourth-order valence-electron chi connectivity index (χ4n) is 2.77. The summed E-state index contributed by atoms with van der Waals surface area (Å²) in [5.74, 6) is -0.0612. The molecule has 0 unspecified atom stereocenters. The summed E-state index contributed by atoms with van der Waals surface area (Å²) in [6.07, 6.45) is 3.28. The summed E-state index contributed by atoms with van der Waals surface area (Å²) in [5, 5.41) is 16.0. The van der Waals surface area contributed by atoms with E-state index < -0.39 is 0 Å². The number of carbonyl (C=O) groups is 1. The van der Waals surface area contributed by atoms with Crippen molar-refractivity contribution in [1.82, 2.24) is 0 Å². The number of methoxy groups -OCH3 is 1. The molecule has 5 nitrogen and oxygen atoms in total. The van der Waals surface area contributed by atoms with Crippen molar-refractivity contribution in [2.45, 2.75) is 19.8 Å². The number of hydrogen-bond acceptors (Lipinski definition) is 4. The van der Waals surface area contributed by atoms with Crippen LogP contribution in [-0.2, 0) is 4.79 Å². The average molecular weight is 371 g/mol. The Morgan fingerprint density at radius 2 is 2.00 bits per heavy atom. The first-order chi connectivity index (χ1) is 12.5. The van der Waals surface area contributed by atoms with Crippen molar-refractivity contribution >= 4 is 35.0 Å². The van der Waals surface area contributed by atoms with Gasteiger partial charge in [-0.3, -0.25) is 4.79 Å². The molecule has 0 aromatic heterocycles. The summed E-state index contributed by atoms with van der Waals surface area (Å²) in [6, 6.07) is 12.5. The number of amides is 1. The molecule has 1 aliphatic heterocycles. The molecule has 0 aliphatic carbocycles. The third-order valence-electron chi connectivity index (χ3n) is 4.02. The number of aromatic hydroxyl groups is 1. The van der Waals surface area contributed by atoms with E-state index in [0.717, 1.165) is 17.8 Å². The van der Waals surface area contributed by atoms with Crippen LogP contribution in [0.1, 0.15) is 25.3 Å². The molecule has 0 bridgehead atoms. The van der Waals surface area contributed by atoms with E-state index in [1.807, 2.05) is 37.3 Å². The Balaban J connectivity index is 2.03. The van der Waals surface area contributed by atoms with Crippen LogP contribution in [-0.4, -0.2) is 23.8 Å². The van der Waals surface area contributed by atoms with Crippen LogP contribution in [0.3, 0.4) is 0 Å². The lowest BCUT2D eigenvalue weighted by molar-refractivity contribution is -0.114. The lowest BCUT2D eigenvalue weighted by Gasteiger charge is -2.11. The number of para-hydroxylation sites is 1. The first-order valence-corrected chi connectivity index (χ1v) is 8.68. The Bertz CT molecular complexity index is 891. The highest BCUT2D eigenvalue weighted by Gasteiger charge is 2.30. The zero-order valence-electron chi connectivity index (χ0n) is 14.6. The van der Waals surface area contributed by atoms with Crippen LogP contribution in [0.5, 0.6) is 11.5 Å². The first kappa shape index (κ1) is 18.0. The van der Waals surface area contributed by atoms with Crippen LogP contribution in [0.2, 0.25) is 5.02 Å². The van der Waals surface area contributed by atoms with E-state index >= 15 is 0 Å². The van der Waals surface area contributed by atoms with Crippen LogP contribution >= 0.6 is 11.6 Å². The number of benzene rings is 2. The lowest BCUT2D eigenvalue weighted by atomic mass is 10.0. The van der Waals surface area contributed by atoms with Crippen molar-refractivity contribution in [2.75, 3.05) is 12.1 Å². The summed E-state index contributed by atoms with van der Waals surface area (Å²) in [7, 11) is 1.45. The molecule has 6 heteroatoms. The number of anilines is 1. The largest absolute Gasteiger partial charge is 0.503 e. The Morgan fingerprint density at radius 1 is 1.27 bits per heavy atom. The molecule has 0 saturated heterocycles. The maximum Gasteiger partial charge on any atom is 0.280 e. The van der Waals surface area contributed by atoms with E-state index in [4.69, 9.17) is 16.3 Å². The number of ether oxygens (including phenoxy) is 1. The minimum absolute atomic E-state index is 0.123. The third-order valence-corrected chi connectivity index (χ3v) is 4.31. The van der Waals surface area contributed by atoms with Gasteiger partial charge in [0.25, 0.3) is 5.91 Å². The number of carbonyl (C=O) groups excluding carboxylic acids is 1. The number of hydrogen-bond donors (Lipinski definition) is 1. The molecular formula is C20H19ClN2O3. The molecule has 1 amide bonds. The highest BCUT2D eigenvalue weighted by atomic mass is 35.5. The van der Waals surface area contributed by atoms with Crippen LogP contribution < -0.4 is 9.75 Å². The number of rotatable bonds is 5. The molecule has 0 spiro atoms. The fourth-order valence-corrected chi connectivity index (χ4v) is 2.99. The Morgan fingerprint density at radius 3 is 2.65 bits per heavy atom. The second-order valence-electron chi connectivity index (χ2n) is 5.86. The second kappa shape index (κ2) is 7.62. The molecule has 26 heavy (non-hydrogen) atoms. The molecule has 134 valence electrons. The van der Waals surface area contributed by atoms with Gasteiger partial charge in [-0.25, -0.2) is 0 Å². The van der Waals surface area contributed by atoms with Gasteiger partial charge in [-0.05, 0) is 42.3 Å². The monoisotopic (exact) mass is 370 g/mol. The number of halogens is 1.